The smallest absolute Gasteiger partial charge is 0.0849 e. The lowest BCUT2D eigenvalue weighted by atomic mass is 9.60. The largest absolute Gasteiger partial charge is 0.393 e. The molecule has 7 atom stereocenters. The molecule has 0 spiro atoms. The Balaban J connectivity index is 1.68. The van der Waals surface area contributed by atoms with Crippen molar-refractivity contribution in [2.45, 2.75) is 103 Å². The minimum Gasteiger partial charge on any atom is -0.393 e. The predicted octanol–water partition coefficient (Wildman–Crippen LogP) is 4.68. The topological polar surface area (TPSA) is 80.9 Å². The van der Waals surface area contributed by atoms with Crippen molar-refractivity contribution in [2.75, 3.05) is 6.61 Å². The fraction of sp³-hybridized carbons (Fsp3) is 0.778. The van der Waals surface area contributed by atoms with Crippen LogP contribution in [-0.4, -0.2) is 44.8 Å². The Hall–Kier alpha value is -0.940. The molecule has 0 radical (unpaired) electrons. The van der Waals surface area contributed by atoms with Gasteiger partial charge < -0.3 is 20.4 Å². The van der Waals surface area contributed by atoms with Crippen LogP contribution in [0.3, 0.4) is 0 Å². The van der Waals surface area contributed by atoms with Crippen molar-refractivity contribution in [1.82, 2.24) is 0 Å². The Labute approximate surface area is 188 Å². The molecule has 4 nitrogen and oxygen atoms in total. The molecule has 0 amide bonds. The number of hydrogen-bond donors (Lipinski definition) is 4. The van der Waals surface area contributed by atoms with E-state index < -0.39 is 17.8 Å². The minimum atomic E-state index is -0.958. The van der Waals surface area contributed by atoms with E-state index in [1.165, 1.54) is 31.3 Å². The van der Waals surface area contributed by atoms with Gasteiger partial charge in [-0.05, 0) is 86.2 Å². The zero-order valence-electron chi connectivity index (χ0n) is 19.8. The van der Waals surface area contributed by atoms with Gasteiger partial charge in [-0.2, -0.15) is 0 Å². The third kappa shape index (κ3) is 5.52. The first-order valence-corrected chi connectivity index (χ1v) is 12.4. The fourth-order valence-corrected chi connectivity index (χ4v) is 6.76. The highest BCUT2D eigenvalue weighted by molar-refractivity contribution is 5.38. The van der Waals surface area contributed by atoms with E-state index in [4.69, 9.17) is 0 Å². The molecule has 0 aromatic carbocycles. The molecule has 0 aromatic rings. The number of aliphatic hydroxyl groups is 4. The summed E-state index contributed by atoms with van der Waals surface area (Å²) in [7, 11) is 0. The molecule has 0 aromatic heterocycles. The molecule has 4 N–H and O–H groups in total. The Bertz CT molecular complexity index is 706. The molecule has 0 unspecified atom stereocenters. The second kappa shape index (κ2) is 9.91. The van der Waals surface area contributed by atoms with Crippen LogP contribution in [0.15, 0.2) is 35.5 Å². The van der Waals surface area contributed by atoms with E-state index >= 15 is 0 Å². The van der Waals surface area contributed by atoms with Crippen molar-refractivity contribution < 1.29 is 20.4 Å². The van der Waals surface area contributed by atoms with Gasteiger partial charge in [-0.3, -0.25) is 0 Å². The third-order valence-electron chi connectivity index (χ3n) is 8.70. The average Bonchev–Trinajstić information content (AvgIpc) is 3.07. The molecular formula is C27H44O4. The molecule has 31 heavy (non-hydrogen) atoms. The highest BCUT2D eigenvalue weighted by atomic mass is 16.3. The summed E-state index contributed by atoms with van der Waals surface area (Å²) in [6, 6.07) is 0. The standard InChI is InChI=1S/C27H44O4/c1-18(7-5-13-26(3,31)17-28)23-11-12-24-20(8-6-14-27(23,24)4)9-10-21-15-22(29)16-25(30)19(21)2/h9-10,18,22-25,28-31H,2,5-8,11-17H2,1,3-4H3/b20-9+,21-10-/t18-,22+,23-,24+,25-,26+,27-/m1/s1. The van der Waals surface area contributed by atoms with Crippen LogP contribution in [0.1, 0.15) is 85.0 Å². The zero-order chi connectivity index (χ0) is 22.8. The maximum Gasteiger partial charge on any atom is 0.0849 e. The van der Waals surface area contributed by atoms with Gasteiger partial charge in [-0.25, -0.2) is 0 Å². The Kier molecular flexibility index (Phi) is 7.89. The summed E-state index contributed by atoms with van der Waals surface area (Å²) in [6.07, 6.45) is 13.1. The van der Waals surface area contributed by atoms with E-state index in [9.17, 15) is 20.4 Å². The SMILES string of the molecule is C=C1/C(=C\C=C2/CCC[C@]3(C)[C@@H]([C@H](C)CCC[C@](C)(O)CO)CC[C@@H]23)C[C@H](O)C[C@H]1O. The number of allylic oxidation sites excluding steroid dienone is 3. The average molecular weight is 433 g/mol. The number of rotatable bonds is 7. The summed E-state index contributed by atoms with van der Waals surface area (Å²) >= 11 is 0. The van der Waals surface area contributed by atoms with Crippen molar-refractivity contribution in [2.24, 2.45) is 23.2 Å². The summed E-state index contributed by atoms with van der Waals surface area (Å²) in [6.45, 7) is 10.5. The molecule has 0 heterocycles. The normalized spacial score (nSPS) is 39.5. The molecule has 0 bridgehead atoms. The van der Waals surface area contributed by atoms with Gasteiger partial charge in [0.1, 0.15) is 0 Å². The molecular weight excluding hydrogens is 388 g/mol. The van der Waals surface area contributed by atoms with Gasteiger partial charge in [0, 0.05) is 6.42 Å². The van der Waals surface area contributed by atoms with Crippen LogP contribution >= 0.6 is 0 Å². The summed E-state index contributed by atoms with van der Waals surface area (Å²) < 4.78 is 0. The van der Waals surface area contributed by atoms with Crippen molar-refractivity contribution in [3.05, 3.63) is 35.5 Å². The van der Waals surface area contributed by atoms with Gasteiger partial charge in [0.25, 0.3) is 0 Å². The molecule has 0 aliphatic heterocycles. The maximum atomic E-state index is 10.1. The number of fused-ring (bicyclic) bond motifs is 1. The van der Waals surface area contributed by atoms with E-state index in [0.29, 0.717) is 42.4 Å². The molecule has 3 fully saturated rings. The molecule has 3 rings (SSSR count). The van der Waals surface area contributed by atoms with Gasteiger partial charge in [0.2, 0.25) is 0 Å². The van der Waals surface area contributed by atoms with E-state index in [2.05, 4.69) is 32.6 Å². The van der Waals surface area contributed by atoms with Crippen LogP contribution in [0.4, 0.5) is 0 Å². The van der Waals surface area contributed by atoms with E-state index in [-0.39, 0.29) is 6.61 Å². The second-order valence-electron chi connectivity index (χ2n) is 11.2. The number of hydrogen-bond acceptors (Lipinski definition) is 4. The van der Waals surface area contributed by atoms with Crippen LogP contribution in [0.2, 0.25) is 0 Å². The maximum absolute atomic E-state index is 10.1. The van der Waals surface area contributed by atoms with Gasteiger partial charge in [-0.15, -0.1) is 0 Å². The van der Waals surface area contributed by atoms with Crippen LogP contribution in [0.25, 0.3) is 0 Å². The monoisotopic (exact) mass is 432 g/mol. The van der Waals surface area contributed by atoms with E-state index in [1.54, 1.807) is 6.92 Å². The lowest BCUT2D eigenvalue weighted by molar-refractivity contribution is -0.00891. The molecule has 3 aliphatic rings. The van der Waals surface area contributed by atoms with Gasteiger partial charge >= 0.3 is 0 Å². The van der Waals surface area contributed by atoms with Gasteiger partial charge in [-0.1, -0.05) is 51.0 Å². The fourth-order valence-electron chi connectivity index (χ4n) is 6.76. The summed E-state index contributed by atoms with van der Waals surface area (Å²) in [5, 5.41) is 39.5. The molecule has 3 aliphatic carbocycles. The first-order chi connectivity index (χ1) is 14.6. The number of aliphatic hydroxyl groups excluding tert-OH is 3. The van der Waals surface area contributed by atoms with Gasteiger partial charge in [0.15, 0.2) is 0 Å². The summed E-state index contributed by atoms with van der Waals surface area (Å²) in [5.74, 6) is 1.92. The molecule has 4 heteroatoms. The van der Waals surface area contributed by atoms with Crippen molar-refractivity contribution in [3.8, 4) is 0 Å². The first kappa shape index (κ1) is 24.7. The van der Waals surface area contributed by atoms with Crippen molar-refractivity contribution in [1.29, 1.82) is 0 Å². The second-order valence-corrected chi connectivity index (χ2v) is 11.2. The third-order valence-corrected chi connectivity index (χ3v) is 8.70. The zero-order valence-corrected chi connectivity index (χ0v) is 19.8. The van der Waals surface area contributed by atoms with Gasteiger partial charge in [0.05, 0.1) is 24.4 Å². The molecule has 0 saturated heterocycles. The van der Waals surface area contributed by atoms with E-state index in [1.807, 2.05) is 0 Å². The Morgan fingerprint density at radius 1 is 1.26 bits per heavy atom. The quantitative estimate of drug-likeness (QED) is 0.471. The summed E-state index contributed by atoms with van der Waals surface area (Å²) in [5.41, 5.74) is 2.65. The van der Waals surface area contributed by atoms with E-state index in [0.717, 1.165) is 30.4 Å². The summed E-state index contributed by atoms with van der Waals surface area (Å²) in [4.78, 5) is 0. The first-order valence-electron chi connectivity index (χ1n) is 12.4. The Morgan fingerprint density at radius 3 is 2.71 bits per heavy atom. The van der Waals surface area contributed by atoms with Crippen molar-refractivity contribution >= 4 is 0 Å². The highest BCUT2D eigenvalue weighted by Gasteiger charge is 2.50. The molecule has 176 valence electrons. The van der Waals surface area contributed by atoms with Crippen LogP contribution in [0, 0.1) is 23.2 Å². The lowest BCUT2D eigenvalue weighted by Gasteiger charge is -2.44. The highest BCUT2D eigenvalue weighted by Crippen LogP contribution is 2.60. The van der Waals surface area contributed by atoms with Crippen LogP contribution in [0.5, 0.6) is 0 Å². The Morgan fingerprint density at radius 2 is 2.00 bits per heavy atom. The predicted molar refractivity (Wildman–Crippen MR) is 125 cm³/mol. The lowest BCUT2D eigenvalue weighted by Crippen LogP contribution is -2.36. The van der Waals surface area contributed by atoms with Crippen LogP contribution < -0.4 is 0 Å². The molecule has 3 saturated carbocycles. The minimum absolute atomic E-state index is 0.172. The van der Waals surface area contributed by atoms with Crippen LogP contribution in [-0.2, 0) is 0 Å². The van der Waals surface area contributed by atoms with Crippen molar-refractivity contribution in [3.63, 3.8) is 0 Å².